The van der Waals surface area contributed by atoms with E-state index < -0.39 is 44.1 Å². The van der Waals surface area contributed by atoms with Crippen molar-refractivity contribution in [2.45, 2.75) is 30.2 Å². The van der Waals surface area contributed by atoms with E-state index in [1.807, 2.05) is 30.3 Å². The van der Waals surface area contributed by atoms with Gasteiger partial charge in [0.2, 0.25) is 5.60 Å². The van der Waals surface area contributed by atoms with E-state index in [-0.39, 0.29) is 12.6 Å². The molecule has 7 nitrogen and oxygen atoms in total. The van der Waals surface area contributed by atoms with Crippen LogP contribution in [0, 0.1) is 5.82 Å². The molecule has 186 valence electrons. The number of nitrogens with one attached hydrogen (secondary N) is 2. The predicted octanol–water partition coefficient (Wildman–Crippen LogP) is 4.46. The molecule has 0 heterocycles. The monoisotopic (exact) mass is 512 g/mol. The number of anilines is 2. The molecule has 0 radical (unpaired) electrons. The van der Waals surface area contributed by atoms with Gasteiger partial charge in [0.05, 0.1) is 10.6 Å². The number of halogens is 4. The molecule has 1 amide bonds. The minimum Gasteiger partial charge on any atom is -0.489 e. The quantitative estimate of drug-likeness (QED) is 0.387. The average molecular weight is 512 g/mol. The maximum atomic E-state index is 14.4. The highest BCUT2D eigenvalue weighted by atomic mass is 32.2. The second-order valence-electron chi connectivity index (χ2n) is 7.57. The van der Waals surface area contributed by atoms with Crippen molar-refractivity contribution >= 4 is 27.3 Å². The minimum absolute atomic E-state index is 0.149. The van der Waals surface area contributed by atoms with Crippen LogP contribution in [-0.2, 0) is 21.4 Å². The van der Waals surface area contributed by atoms with Crippen LogP contribution in [0.25, 0.3) is 0 Å². The highest BCUT2D eigenvalue weighted by molar-refractivity contribution is 7.92. The molecule has 0 aliphatic carbocycles. The standard InChI is InChI=1S/C23H20F4N2O5S/c1-22(31,23(25,26)27)21(30)28-20-12-11-18(13-19(20)24)35(32,33)29-16-7-9-17(10-8-16)34-14-15-5-3-2-4-6-15/h2-13,29,31H,14H2,1H3,(H,28,30)/t22-/m1/s1. The Morgan fingerprint density at radius 3 is 2.20 bits per heavy atom. The van der Waals surface area contributed by atoms with E-state index in [0.717, 1.165) is 17.7 Å². The Kier molecular flexibility index (Phi) is 7.36. The van der Waals surface area contributed by atoms with Crippen molar-refractivity contribution in [3.8, 4) is 5.75 Å². The Labute approximate surface area is 198 Å². The van der Waals surface area contributed by atoms with Crippen LogP contribution in [0.3, 0.4) is 0 Å². The molecule has 0 fully saturated rings. The second-order valence-corrected chi connectivity index (χ2v) is 9.25. The van der Waals surface area contributed by atoms with Gasteiger partial charge in [0, 0.05) is 5.69 Å². The molecule has 3 rings (SSSR count). The lowest BCUT2D eigenvalue weighted by atomic mass is 10.1. The molecule has 0 bridgehead atoms. The zero-order valence-electron chi connectivity index (χ0n) is 18.1. The summed E-state index contributed by atoms with van der Waals surface area (Å²) in [6.07, 6.45) is -5.30. The smallest absolute Gasteiger partial charge is 0.426 e. The number of ether oxygens (including phenoxy) is 1. The van der Waals surface area contributed by atoms with Crippen molar-refractivity contribution in [1.29, 1.82) is 0 Å². The first-order chi connectivity index (χ1) is 16.3. The van der Waals surface area contributed by atoms with Gasteiger partial charge in [-0.3, -0.25) is 9.52 Å². The van der Waals surface area contributed by atoms with Gasteiger partial charge in [-0.05, 0) is 55.0 Å². The molecule has 35 heavy (non-hydrogen) atoms. The van der Waals surface area contributed by atoms with Gasteiger partial charge in [-0.1, -0.05) is 30.3 Å². The summed E-state index contributed by atoms with van der Waals surface area (Å²) >= 11 is 0. The van der Waals surface area contributed by atoms with Crippen LogP contribution in [0.4, 0.5) is 28.9 Å². The molecule has 0 aromatic heterocycles. The van der Waals surface area contributed by atoms with Crippen LogP contribution in [0.15, 0.2) is 77.7 Å². The van der Waals surface area contributed by atoms with Crippen LogP contribution in [0.1, 0.15) is 12.5 Å². The Balaban J connectivity index is 1.67. The van der Waals surface area contributed by atoms with Crippen molar-refractivity contribution < 1.29 is 40.6 Å². The Bertz CT molecular complexity index is 1300. The molecule has 12 heteroatoms. The van der Waals surface area contributed by atoms with Crippen LogP contribution < -0.4 is 14.8 Å². The third-order valence-electron chi connectivity index (χ3n) is 4.85. The summed E-state index contributed by atoms with van der Waals surface area (Å²) in [5.41, 5.74) is -3.42. The SMILES string of the molecule is C[C@@](O)(C(=O)Nc1ccc(S(=O)(=O)Nc2ccc(OCc3ccccc3)cc2)cc1F)C(F)(F)F. The fraction of sp³-hybridized carbons (Fsp3) is 0.174. The summed E-state index contributed by atoms with van der Waals surface area (Å²) in [5.74, 6) is -2.76. The van der Waals surface area contributed by atoms with Gasteiger partial charge in [-0.2, -0.15) is 13.2 Å². The van der Waals surface area contributed by atoms with Gasteiger partial charge in [0.15, 0.2) is 0 Å². The summed E-state index contributed by atoms with van der Waals surface area (Å²) in [5, 5.41) is 11.0. The first kappa shape index (κ1) is 26.0. The second kappa shape index (κ2) is 9.92. The topological polar surface area (TPSA) is 105 Å². The van der Waals surface area contributed by atoms with E-state index in [4.69, 9.17) is 4.74 Å². The van der Waals surface area contributed by atoms with Crippen molar-refractivity contribution in [2.75, 3.05) is 10.0 Å². The number of rotatable bonds is 8. The molecule has 3 aromatic rings. The zero-order chi connectivity index (χ0) is 25.9. The fourth-order valence-corrected chi connectivity index (χ4v) is 3.78. The highest BCUT2D eigenvalue weighted by Gasteiger charge is 2.55. The summed E-state index contributed by atoms with van der Waals surface area (Å²) in [4.78, 5) is 11.2. The lowest BCUT2D eigenvalue weighted by molar-refractivity contribution is -0.242. The summed E-state index contributed by atoms with van der Waals surface area (Å²) in [7, 11) is -4.27. The normalized spacial score (nSPS) is 13.5. The van der Waals surface area contributed by atoms with E-state index in [9.17, 15) is 35.9 Å². The van der Waals surface area contributed by atoms with Crippen molar-refractivity contribution in [1.82, 2.24) is 0 Å². The molecule has 0 aliphatic heterocycles. The third kappa shape index (κ3) is 6.28. The van der Waals surface area contributed by atoms with E-state index in [0.29, 0.717) is 18.4 Å². The molecule has 0 unspecified atom stereocenters. The molecule has 3 N–H and O–H groups in total. The van der Waals surface area contributed by atoms with E-state index in [2.05, 4.69) is 4.72 Å². The summed E-state index contributed by atoms with van der Waals surface area (Å²) < 4.78 is 85.7. The molecule has 1 atom stereocenters. The number of carbonyl (C=O) groups is 1. The number of hydrogen-bond acceptors (Lipinski definition) is 5. The predicted molar refractivity (Wildman–Crippen MR) is 120 cm³/mol. The lowest BCUT2D eigenvalue weighted by Crippen LogP contribution is -2.52. The number of sulfonamides is 1. The number of alkyl halides is 3. The number of aliphatic hydroxyl groups is 1. The fourth-order valence-electron chi connectivity index (χ4n) is 2.71. The van der Waals surface area contributed by atoms with Gasteiger partial charge in [0.1, 0.15) is 18.2 Å². The van der Waals surface area contributed by atoms with Gasteiger partial charge in [0.25, 0.3) is 15.9 Å². The highest BCUT2D eigenvalue weighted by Crippen LogP contribution is 2.31. The van der Waals surface area contributed by atoms with E-state index in [1.165, 1.54) is 24.3 Å². The van der Waals surface area contributed by atoms with Gasteiger partial charge < -0.3 is 15.2 Å². The number of hydrogen-bond donors (Lipinski definition) is 3. The van der Waals surface area contributed by atoms with Crippen molar-refractivity contribution in [3.63, 3.8) is 0 Å². The summed E-state index contributed by atoms with van der Waals surface area (Å²) in [6.45, 7) is 0.521. The molecule has 3 aromatic carbocycles. The van der Waals surface area contributed by atoms with Gasteiger partial charge >= 0.3 is 6.18 Å². The number of benzene rings is 3. The van der Waals surface area contributed by atoms with E-state index in [1.54, 1.807) is 5.32 Å². The maximum Gasteiger partial charge on any atom is 0.426 e. The molecule has 0 saturated heterocycles. The van der Waals surface area contributed by atoms with Gasteiger partial charge in [-0.25, -0.2) is 12.8 Å². The Morgan fingerprint density at radius 2 is 1.63 bits per heavy atom. The van der Waals surface area contributed by atoms with Crippen LogP contribution in [-0.4, -0.2) is 31.2 Å². The third-order valence-corrected chi connectivity index (χ3v) is 6.23. The number of amides is 1. The van der Waals surface area contributed by atoms with Crippen molar-refractivity contribution in [2.24, 2.45) is 0 Å². The molecule has 0 spiro atoms. The van der Waals surface area contributed by atoms with Gasteiger partial charge in [-0.15, -0.1) is 0 Å². The maximum absolute atomic E-state index is 14.4. The molecular weight excluding hydrogens is 492 g/mol. The van der Waals surface area contributed by atoms with Crippen LogP contribution in [0.2, 0.25) is 0 Å². The zero-order valence-corrected chi connectivity index (χ0v) is 19.0. The first-order valence-electron chi connectivity index (χ1n) is 9.99. The Morgan fingerprint density at radius 1 is 1.00 bits per heavy atom. The van der Waals surface area contributed by atoms with Crippen LogP contribution >= 0.6 is 0 Å². The van der Waals surface area contributed by atoms with Crippen molar-refractivity contribution in [3.05, 3.63) is 84.2 Å². The Hall–Kier alpha value is -3.64. The molecular formula is C23H20F4N2O5S. The molecule has 0 aliphatic rings. The van der Waals surface area contributed by atoms with E-state index >= 15 is 0 Å². The van der Waals surface area contributed by atoms with Crippen LogP contribution in [0.5, 0.6) is 5.75 Å². The number of carbonyl (C=O) groups excluding carboxylic acids is 1. The average Bonchev–Trinajstić information content (AvgIpc) is 2.79. The molecule has 0 saturated carbocycles. The largest absolute Gasteiger partial charge is 0.489 e. The summed E-state index contributed by atoms with van der Waals surface area (Å²) in [6, 6.07) is 17.5. The minimum atomic E-state index is -5.30. The lowest BCUT2D eigenvalue weighted by Gasteiger charge is -2.25. The first-order valence-corrected chi connectivity index (χ1v) is 11.5.